The molecule has 2 aromatic carbocycles. The summed E-state index contributed by atoms with van der Waals surface area (Å²) >= 11 is 0. The number of carbonyl (C=O) groups excluding carboxylic acids is 1. The molecule has 1 fully saturated rings. The lowest BCUT2D eigenvalue weighted by atomic mass is 10.2. The number of anilines is 2. The van der Waals surface area contributed by atoms with Crippen LogP contribution in [0, 0.1) is 0 Å². The number of carbonyl (C=O) groups is 1. The third kappa shape index (κ3) is 6.76. The molecule has 0 bridgehead atoms. The molecule has 1 saturated heterocycles. The molecular formula is C21H28N4O3S. The van der Waals surface area contributed by atoms with Crippen molar-refractivity contribution in [2.75, 3.05) is 55.1 Å². The molecule has 156 valence electrons. The van der Waals surface area contributed by atoms with Gasteiger partial charge in [0, 0.05) is 49.7 Å². The molecular weight excluding hydrogens is 388 g/mol. The molecule has 1 aliphatic rings. The smallest absolute Gasteiger partial charge is 0.251 e. The van der Waals surface area contributed by atoms with Crippen LogP contribution in [0.25, 0.3) is 0 Å². The monoisotopic (exact) mass is 416 g/mol. The highest BCUT2D eigenvalue weighted by molar-refractivity contribution is 7.92. The highest BCUT2D eigenvalue weighted by Crippen LogP contribution is 2.15. The highest BCUT2D eigenvalue weighted by atomic mass is 32.2. The minimum absolute atomic E-state index is 0.198. The number of hydrogen-bond donors (Lipinski definition) is 2. The Morgan fingerprint density at radius 2 is 1.72 bits per heavy atom. The van der Waals surface area contributed by atoms with Gasteiger partial charge in [-0.2, -0.15) is 0 Å². The van der Waals surface area contributed by atoms with Crippen LogP contribution in [-0.4, -0.2) is 64.7 Å². The van der Waals surface area contributed by atoms with Gasteiger partial charge in [-0.25, -0.2) is 8.42 Å². The Morgan fingerprint density at radius 1 is 1.00 bits per heavy atom. The Kier molecular flexibility index (Phi) is 7.11. The van der Waals surface area contributed by atoms with Gasteiger partial charge >= 0.3 is 0 Å². The number of amides is 1. The van der Waals surface area contributed by atoms with Gasteiger partial charge in [0.2, 0.25) is 10.0 Å². The fourth-order valence-electron chi connectivity index (χ4n) is 3.41. The third-order valence-corrected chi connectivity index (χ3v) is 5.46. The molecule has 0 radical (unpaired) electrons. The average molecular weight is 417 g/mol. The molecule has 1 amide bonds. The van der Waals surface area contributed by atoms with Crippen LogP contribution in [0.1, 0.15) is 16.8 Å². The minimum Gasteiger partial charge on any atom is -0.369 e. The first-order chi connectivity index (χ1) is 13.9. The van der Waals surface area contributed by atoms with E-state index in [4.69, 9.17) is 0 Å². The van der Waals surface area contributed by atoms with Gasteiger partial charge in [-0.3, -0.25) is 14.4 Å². The van der Waals surface area contributed by atoms with Crippen molar-refractivity contribution in [1.82, 2.24) is 10.2 Å². The zero-order valence-corrected chi connectivity index (χ0v) is 17.5. The lowest BCUT2D eigenvalue weighted by Gasteiger charge is -2.36. The van der Waals surface area contributed by atoms with E-state index in [-0.39, 0.29) is 5.91 Å². The fraction of sp³-hybridized carbons (Fsp3) is 0.381. The first-order valence-electron chi connectivity index (χ1n) is 9.79. The standard InChI is InChI=1S/C21H28N4O3S/c1-29(27,28)23-19-8-5-7-18(17-19)21(26)22-11-6-12-24-13-15-25(16-14-24)20-9-3-2-4-10-20/h2-5,7-10,17,23H,6,11-16H2,1H3,(H,22,26). The number of nitrogens with one attached hydrogen (secondary N) is 2. The van der Waals surface area contributed by atoms with Gasteiger partial charge in [-0.15, -0.1) is 0 Å². The molecule has 2 N–H and O–H groups in total. The second kappa shape index (κ2) is 9.76. The SMILES string of the molecule is CS(=O)(=O)Nc1cccc(C(=O)NCCCN2CCN(c3ccccc3)CC2)c1. The van der Waals surface area contributed by atoms with E-state index in [1.165, 1.54) is 5.69 Å². The molecule has 3 rings (SSSR count). The van der Waals surface area contributed by atoms with Crippen LogP contribution in [0.15, 0.2) is 54.6 Å². The van der Waals surface area contributed by atoms with Gasteiger partial charge in [0.1, 0.15) is 0 Å². The lowest BCUT2D eigenvalue weighted by Crippen LogP contribution is -2.47. The molecule has 1 heterocycles. The van der Waals surface area contributed by atoms with E-state index in [1.54, 1.807) is 24.3 Å². The molecule has 0 unspecified atom stereocenters. The van der Waals surface area contributed by atoms with Gasteiger partial charge in [-0.1, -0.05) is 24.3 Å². The predicted molar refractivity (Wildman–Crippen MR) is 117 cm³/mol. The molecule has 29 heavy (non-hydrogen) atoms. The minimum atomic E-state index is -3.37. The van der Waals surface area contributed by atoms with Crippen LogP contribution in [0.2, 0.25) is 0 Å². The van der Waals surface area contributed by atoms with Crippen LogP contribution in [0.3, 0.4) is 0 Å². The van der Waals surface area contributed by atoms with Crippen molar-refractivity contribution in [3.63, 3.8) is 0 Å². The number of para-hydroxylation sites is 1. The van der Waals surface area contributed by atoms with Gasteiger partial charge < -0.3 is 10.2 Å². The molecule has 2 aromatic rings. The van der Waals surface area contributed by atoms with Crippen LogP contribution in [0.4, 0.5) is 11.4 Å². The zero-order chi connectivity index (χ0) is 20.7. The zero-order valence-electron chi connectivity index (χ0n) is 16.7. The third-order valence-electron chi connectivity index (χ3n) is 4.86. The van der Waals surface area contributed by atoms with Crippen molar-refractivity contribution in [2.45, 2.75) is 6.42 Å². The van der Waals surface area contributed by atoms with E-state index in [0.29, 0.717) is 17.8 Å². The van der Waals surface area contributed by atoms with Crippen LogP contribution in [-0.2, 0) is 10.0 Å². The summed E-state index contributed by atoms with van der Waals surface area (Å²) < 4.78 is 25.0. The number of sulfonamides is 1. The van der Waals surface area contributed by atoms with Gasteiger partial charge in [0.25, 0.3) is 5.91 Å². The van der Waals surface area contributed by atoms with Crippen LogP contribution < -0.4 is 14.9 Å². The summed E-state index contributed by atoms with van der Waals surface area (Å²) in [6, 6.07) is 16.9. The number of hydrogen-bond acceptors (Lipinski definition) is 5. The summed E-state index contributed by atoms with van der Waals surface area (Å²) in [5, 5.41) is 2.91. The Bertz CT molecular complexity index is 911. The Balaban J connectivity index is 1.38. The molecule has 0 aliphatic carbocycles. The van der Waals surface area contributed by atoms with Crippen LogP contribution >= 0.6 is 0 Å². The molecule has 0 aromatic heterocycles. The maximum atomic E-state index is 12.3. The number of rotatable bonds is 8. The van der Waals surface area contributed by atoms with E-state index in [1.807, 2.05) is 6.07 Å². The molecule has 0 spiro atoms. The van der Waals surface area contributed by atoms with E-state index < -0.39 is 10.0 Å². The molecule has 7 nitrogen and oxygen atoms in total. The topological polar surface area (TPSA) is 81.7 Å². The Labute approximate surface area is 172 Å². The largest absolute Gasteiger partial charge is 0.369 e. The number of nitrogens with zero attached hydrogens (tertiary/aromatic N) is 2. The molecule has 8 heteroatoms. The lowest BCUT2D eigenvalue weighted by molar-refractivity contribution is 0.0951. The Hall–Kier alpha value is -2.58. The molecule has 1 aliphatic heterocycles. The summed E-state index contributed by atoms with van der Waals surface area (Å²) in [6.07, 6.45) is 1.96. The maximum Gasteiger partial charge on any atom is 0.251 e. The van der Waals surface area contributed by atoms with E-state index in [2.05, 4.69) is 44.1 Å². The van der Waals surface area contributed by atoms with E-state index in [0.717, 1.165) is 45.4 Å². The number of benzene rings is 2. The quantitative estimate of drug-likeness (QED) is 0.644. The summed E-state index contributed by atoms with van der Waals surface area (Å²) in [4.78, 5) is 17.1. The van der Waals surface area contributed by atoms with Crippen molar-refractivity contribution in [2.24, 2.45) is 0 Å². The molecule has 0 saturated carbocycles. The predicted octanol–water partition coefficient (Wildman–Crippen LogP) is 2.00. The highest BCUT2D eigenvalue weighted by Gasteiger charge is 2.16. The Morgan fingerprint density at radius 3 is 2.41 bits per heavy atom. The van der Waals surface area contributed by atoms with Crippen molar-refractivity contribution in [3.8, 4) is 0 Å². The molecule has 0 atom stereocenters. The van der Waals surface area contributed by atoms with E-state index in [9.17, 15) is 13.2 Å². The summed E-state index contributed by atoms with van der Waals surface area (Å²) in [7, 11) is -3.37. The van der Waals surface area contributed by atoms with Crippen molar-refractivity contribution < 1.29 is 13.2 Å². The second-order valence-electron chi connectivity index (χ2n) is 7.23. The average Bonchev–Trinajstić information content (AvgIpc) is 2.71. The normalized spacial score (nSPS) is 15.1. The summed E-state index contributed by atoms with van der Waals surface area (Å²) in [5.41, 5.74) is 2.10. The second-order valence-corrected chi connectivity index (χ2v) is 8.98. The first kappa shape index (κ1) is 21.1. The summed E-state index contributed by atoms with van der Waals surface area (Å²) in [6.45, 7) is 5.58. The fourth-order valence-corrected chi connectivity index (χ4v) is 3.97. The van der Waals surface area contributed by atoms with Gasteiger partial charge in [0.05, 0.1) is 6.26 Å². The number of piperazine rings is 1. The van der Waals surface area contributed by atoms with Gasteiger partial charge in [-0.05, 0) is 43.3 Å². The van der Waals surface area contributed by atoms with Gasteiger partial charge in [0.15, 0.2) is 0 Å². The van der Waals surface area contributed by atoms with E-state index >= 15 is 0 Å². The van der Waals surface area contributed by atoms with Crippen LogP contribution in [0.5, 0.6) is 0 Å². The van der Waals surface area contributed by atoms with Crippen molar-refractivity contribution in [3.05, 3.63) is 60.2 Å². The maximum absolute atomic E-state index is 12.3. The summed E-state index contributed by atoms with van der Waals surface area (Å²) in [5.74, 6) is -0.198. The van der Waals surface area contributed by atoms with Crippen molar-refractivity contribution in [1.29, 1.82) is 0 Å². The van der Waals surface area contributed by atoms with Crippen molar-refractivity contribution >= 4 is 27.3 Å². The first-order valence-corrected chi connectivity index (χ1v) is 11.7.